The highest BCUT2D eigenvalue weighted by atomic mass is 32.2. The van der Waals surface area contributed by atoms with Crippen LogP contribution in [0.25, 0.3) is 0 Å². The van der Waals surface area contributed by atoms with E-state index in [-0.39, 0.29) is 11.5 Å². The summed E-state index contributed by atoms with van der Waals surface area (Å²) >= 11 is 0. The van der Waals surface area contributed by atoms with Crippen molar-refractivity contribution in [2.75, 3.05) is 52.2 Å². The summed E-state index contributed by atoms with van der Waals surface area (Å²) in [7, 11) is -3.21. The lowest BCUT2D eigenvalue weighted by Gasteiger charge is -2.47. The Morgan fingerprint density at radius 1 is 1.07 bits per heavy atom. The summed E-state index contributed by atoms with van der Waals surface area (Å²) in [5.74, 6) is 0.710. The van der Waals surface area contributed by atoms with Gasteiger partial charge in [-0.25, -0.2) is 13.1 Å². The van der Waals surface area contributed by atoms with Crippen LogP contribution in [0.5, 0.6) is 0 Å². The van der Waals surface area contributed by atoms with Crippen LogP contribution in [-0.4, -0.2) is 76.5 Å². The van der Waals surface area contributed by atoms with Crippen molar-refractivity contribution < 1.29 is 13.2 Å². The molecule has 162 valence electrons. The number of nitrogens with zero attached hydrogens (tertiary/aromatic N) is 2. The van der Waals surface area contributed by atoms with Crippen molar-refractivity contribution in [3.8, 4) is 0 Å². The number of ether oxygens (including phenoxy) is 1. The van der Waals surface area contributed by atoms with E-state index in [1.807, 2.05) is 0 Å². The molecule has 3 aliphatic heterocycles. The van der Waals surface area contributed by atoms with Crippen LogP contribution < -0.4 is 4.72 Å². The van der Waals surface area contributed by atoms with Gasteiger partial charge in [0.2, 0.25) is 10.0 Å². The lowest BCUT2D eigenvalue weighted by atomic mass is 9.75. The fraction of sp³-hybridized carbons (Fsp3) is 0.727. The second-order valence-corrected chi connectivity index (χ2v) is 11.1. The molecule has 3 saturated heterocycles. The topological polar surface area (TPSA) is 61.9 Å². The zero-order chi connectivity index (χ0) is 20.3. The minimum absolute atomic E-state index is 0.00127. The van der Waals surface area contributed by atoms with Gasteiger partial charge in [-0.05, 0) is 50.3 Å². The predicted molar refractivity (Wildman–Crippen MR) is 115 cm³/mol. The van der Waals surface area contributed by atoms with Crippen molar-refractivity contribution in [2.24, 2.45) is 11.3 Å². The second-order valence-electron chi connectivity index (χ2n) is 9.33. The third kappa shape index (κ3) is 5.58. The molecule has 3 heterocycles. The Morgan fingerprint density at radius 3 is 2.52 bits per heavy atom. The molecular formula is C22H35N3O3S. The quantitative estimate of drug-likeness (QED) is 0.761. The van der Waals surface area contributed by atoms with Gasteiger partial charge < -0.3 is 9.64 Å². The van der Waals surface area contributed by atoms with Gasteiger partial charge >= 0.3 is 0 Å². The molecule has 0 aromatic heterocycles. The van der Waals surface area contributed by atoms with E-state index < -0.39 is 10.0 Å². The van der Waals surface area contributed by atoms with Crippen molar-refractivity contribution in [1.29, 1.82) is 0 Å². The largest absolute Gasteiger partial charge is 0.381 e. The molecule has 0 amide bonds. The van der Waals surface area contributed by atoms with Gasteiger partial charge in [-0.1, -0.05) is 30.3 Å². The van der Waals surface area contributed by atoms with Crippen LogP contribution in [0.3, 0.4) is 0 Å². The molecule has 0 radical (unpaired) electrons. The first-order chi connectivity index (χ1) is 13.9. The zero-order valence-electron chi connectivity index (χ0n) is 17.6. The number of rotatable bonds is 6. The maximum absolute atomic E-state index is 12.1. The van der Waals surface area contributed by atoms with Crippen LogP contribution in [0, 0.1) is 11.3 Å². The van der Waals surface area contributed by atoms with Gasteiger partial charge in [0.1, 0.15) is 0 Å². The standard InChI is InChI=1S/C22H35N3O3S/c1-29(26,27)23-21-7-11-24(16-20-8-13-28-14-9-20)17-22(21)10-12-25(18-22)15-19-5-3-2-4-6-19/h2-6,20-21,23H,7-18H2,1H3/t21-,22-/m0/s1. The third-order valence-electron chi connectivity index (χ3n) is 6.94. The van der Waals surface area contributed by atoms with Crippen molar-refractivity contribution >= 4 is 10.0 Å². The molecular weight excluding hydrogens is 386 g/mol. The average Bonchev–Trinajstić information content (AvgIpc) is 3.08. The molecule has 0 unspecified atom stereocenters. The Labute approximate surface area is 175 Å². The molecule has 0 saturated carbocycles. The number of piperidine rings is 1. The molecule has 3 aliphatic rings. The van der Waals surface area contributed by atoms with E-state index in [2.05, 4.69) is 44.9 Å². The number of likely N-dealkylation sites (tertiary alicyclic amines) is 2. The van der Waals surface area contributed by atoms with E-state index >= 15 is 0 Å². The van der Waals surface area contributed by atoms with Gasteiger partial charge in [-0.15, -0.1) is 0 Å². The van der Waals surface area contributed by atoms with E-state index in [1.165, 1.54) is 11.8 Å². The van der Waals surface area contributed by atoms with Gasteiger partial charge in [-0.2, -0.15) is 0 Å². The Balaban J connectivity index is 1.45. The Morgan fingerprint density at radius 2 is 1.79 bits per heavy atom. The van der Waals surface area contributed by atoms with Crippen LogP contribution in [0.4, 0.5) is 0 Å². The molecule has 1 aromatic rings. The Hall–Kier alpha value is -0.990. The second kappa shape index (κ2) is 9.02. The summed E-state index contributed by atoms with van der Waals surface area (Å²) in [5, 5.41) is 0. The van der Waals surface area contributed by atoms with Crippen molar-refractivity contribution in [2.45, 2.75) is 38.3 Å². The number of nitrogens with one attached hydrogen (secondary N) is 1. The molecule has 3 fully saturated rings. The van der Waals surface area contributed by atoms with Gasteiger partial charge in [0, 0.05) is 50.8 Å². The highest BCUT2D eigenvalue weighted by molar-refractivity contribution is 7.88. The number of hydrogen-bond donors (Lipinski definition) is 1. The predicted octanol–water partition coefficient (Wildman–Crippen LogP) is 1.93. The van der Waals surface area contributed by atoms with E-state index in [4.69, 9.17) is 4.74 Å². The first-order valence-electron chi connectivity index (χ1n) is 11.0. The molecule has 1 aromatic carbocycles. The average molecular weight is 422 g/mol. The summed E-state index contributed by atoms with van der Waals surface area (Å²) in [6.07, 6.45) is 5.54. The Kier molecular flexibility index (Phi) is 6.61. The van der Waals surface area contributed by atoms with Gasteiger partial charge in [0.15, 0.2) is 0 Å². The minimum Gasteiger partial charge on any atom is -0.381 e. The summed E-state index contributed by atoms with van der Waals surface area (Å²) in [6.45, 7) is 7.78. The zero-order valence-corrected chi connectivity index (χ0v) is 18.4. The van der Waals surface area contributed by atoms with Crippen LogP contribution in [0.15, 0.2) is 30.3 Å². The first-order valence-corrected chi connectivity index (χ1v) is 12.8. The number of sulfonamides is 1. The molecule has 7 heteroatoms. The number of benzene rings is 1. The van der Waals surface area contributed by atoms with E-state index in [1.54, 1.807) is 0 Å². The monoisotopic (exact) mass is 421 g/mol. The fourth-order valence-electron chi connectivity index (χ4n) is 5.52. The highest BCUT2D eigenvalue weighted by Gasteiger charge is 2.48. The van der Waals surface area contributed by atoms with Crippen molar-refractivity contribution in [3.05, 3.63) is 35.9 Å². The lowest BCUT2D eigenvalue weighted by molar-refractivity contribution is 0.0215. The van der Waals surface area contributed by atoms with Crippen LogP contribution in [0.2, 0.25) is 0 Å². The fourth-order valence-corrected chi connectivity index (χ4v) is 6.40. The Bertz CT molecular complexity index is 767. The molecule has 2 atom stereocenters. The molecule has 0 aliphatic carbocycles. The SMILES string of the molecule is CS(=O)(=O)N[C@H]1CCN(CC2CCOCC2)C[C@]12CCN(Cc1ccccc1)C2. The summed E-state index contributed by atoms with van der Waals surface area (Å²) < 4.78 is 32.6. The molecule has 0 bridgehead atoms. The van der Waals surface area contributed by atoms with Gasteiger partial charge in [0.25, 0.3) is 0 Å². The maximum atomic E-state index is 12.1. The van der Waals surface area contributed by atoms with Crippen molar-refractivity contribution in [1.82, 2.24) is 14.5 Å². The summed E-state index contributed by atoms with van der Waals surface area (Å²) in [5.41, 5.74) is 1.33. The lowest BCUT2D eigenvalue weighted by Crippen LogP contribution is -2.59. The van der Waals surface area contributed by atoms with Crippen molar-refractivity contribution in [3.63, 3.8) is 0 Å². The molecule has 4 rings (SSSR count). The molecule has 1 spiro atoms. The van der Waals surface area contributed by atoms with Gasteiger partial charge in [0.05, 0.1) is 6.26 Å². The van der Waals surface area contributed by atoms with E-state index in [0.717, 1.165) is 78.2 Å². The van der Waals surface area contributed by atoms with Crippen LogP contribution in [-0.2, 0) is 21.3 Å². The summed E-state index contributed by atoms with van der Waals surface area (Å²) in [4.78, 5) is 5.10. The van der Waals surface area contributed by atoms with Crippen LogP contribution >= 0.6 is 0 Å². The minimum atomic E-state index is -3.21. The van der Waals surface area contributed by atoms with E-state index in [9.17, 15) is 8.42 Å². The molecule has 6 nitrogen and oxygen atoms in total. The highest BCUT2D eigenvalue weighted by Crippen LogP contribution is 2.40. The third-order valence-corrected chi connectivity index (χ3v) is 7.65. The summed E-state index contributed by atoms with van der Waals surface area (Å²) in [6, 6.07) is 10.6. The first kappa shape index (κ1) is 21.2. The van der Waals surface area contributed by atoms with Gasteiger partial charge in [-0.3, -0.25) is 4.90 Å². The van der Waals surface area contributed by atoms with Crippen LogP contribution in [0.1, 0.15) is 31.2 Å². The smallest absolute Gasteiger partial charge is 0.208 e. The maximum Gasteiger partial charge on any atom is 0.208 e. The molecule has 1 N–H and O–H groups in total. The van der Waals surface area contributed by atoms with E-state index in [0.29, 0.717) is 5.92 Å². The number of hydrogen-bond acceptors (Lipinski definition) is 5. The molecule has 29 heavy (non-hydrogen) atoms. The normalized spacial score (nSPS) is 30.2.